The molecule has 0 amide bonds. The van der Waals surface area contributed by atoms with Crippen LogP contribution in [0, 0.1) is 0 Å². The highest BCUT2D eigenvalue weighted by molar-refractivity contribution is 7.89. The number of carboxylic acids is 1. The molecule has 0 fully saturated rings. The molecule has 0 saturated carbocycles. The maximum absolute atomic E-state index is 12.3. The average molecular weight is 362 g/mol. The van der Waals surface area contributed by atoms with Gasteiger partial charge in [0.05, 0.1) is 10.5 Å². The van der Waals surface area contributed by atoms with Crippen LogP contribution in [-0.4, -0.2) is 25.5 Å². The van der Waals surface area contributed by atoms with Gasteiger partial charge in [-0.1, -0.05) is 37.3 Å². The van der Waals surface area contributed by atoms with Gasteiger partial charge in [-0.05, 0) is 37.1 Å². The van der Waals surface area contributed by atoms with Crippen LogP contribution < -0.4 is 10.0 Å². The Morgan fingerprint density at radius 1 is 1.16 bits per heavy atom. The summed E-state index contributed by atoms with van der Waals surface area (Å²) in [6, 6.07) is 13.4. The van der Waals surface area contributed by atoms with Crippen LogP contribution in [0.1, 0.15) is 36.2 Å². The Bertz CT molecular complexity index is 835. The first-order valence-corrected chi connectivity index (χ1v) is 9.49. The summed E-state index contributed by atoms with van der Waals surface area (Å²) in [6.07, 6.45) is 0.641. The molecule has 0 radical (unpaired) electrons. The normalized spacial score (nSPS) is 12.6. The van der Waals surface area contributed by atoms with Crippen molar-refractivity contribution in [3.8, 4) is 0 Å². The summed E-state index contributed by atoms with van der Waals surface area (Å²) in [6.45, 7) is 4.07. The van der Waals surface area contributed by atoms with Gasteiger partial charge in [-0.25, -0.2) is 17.9 Å². The number of sulfonamides is 1. The maximum Gasteiger partial charge on any atom is 0.337 e. The summed E-state index contributed by atoms with van der Waals surface area (Å²) in [5, 5.41) is 12.5. The SMILES string of the molecule is CCC(C)NS(=O)(=O)c1ccc(NCc2ccccc2)c(C(=O)O)c1. The van der Waals surface area contributed by atoms with Crippen LogP contribution in [0.25, 0.3) is 0 Å². The number of benzene rings is 2. The van der Waals surface area contributed by atoms with Crippen molar-refractivity contribution in [1.29, 1.82) is 0 Å². The molecule has 2 aromatic carbocycles. The minimum Gasteiger partial charge on any atom is -0.478 e. The largest absolute Gasteiger partial charge is 0.478 e. The Labute approximate surface area is 147 Å². The molecule has 0 bridgehead atoms. The number of carboxylic acid groups (broad SMARTS) is 1. The van der Waals surface area contributed by atoms with Crippen LogP contribution in [0.2, 0.25) is 0 Å². The van der Waals surface area contributed by atoms with Crippen molar-refractivity contribution in [3.05, 3.63) is 59.7 Å². The molecule has 0 aliphatic heterocycles. The maximum atomic E-state index is 12.3. The number of anilines is 1. The minimum atomic E-state index is -3.75. The van der Waals surface area contributed by atoms with E-state index in [4.69, 9.17) is 0 Å². The fourth-order valence-corrected chi connectivity index (χ4v) is 3.58. The lowest BCUT2D eigenvalue weighted by molar-refractivity contribution is 0.0697. The topological polar surface area (TPSA) is 95.5 Å². The van der Waals surface area contributed by atoms with Crippen LogP contribution in [0.15, 0.2) is 53.4 Å². The Morgan fingerprint density at radius 3 is 2.44 bits per heavy atom. The molecule has 0 aliphatic carbocycles. The number of hydrogen-bond donors (Lipinski definition) is 3. The number of carbonyl (C=O) groups is 1. The molecule has 7 heteroatoms. The first kappa shape index (κ1) is 19.0. The standard InChI is InChI=1S/C18H22N2O4S/c1-3-13(2)20-25(23,24)15-9-10-17(16(11-15)18(21)22)19-12-14-7-5-4-6-8-14/h4-11,13,19-20H,3,12H2,1-2H3,(H,21,22). The van der Waals surface area contributed by atoms with E-state index < -0.39 is 16.0 Å². The zero-order valence-electron chi connectivity index (χ0n) is 14.2. The fraction of sp³-hybridized carbons (Fsp3) is 0.278. The smallest absolute Gasteiger partial charge is 0.337 e. The van der Waals surface area contributed by atoms with Crippen molar-refractivity contribution >= 4 is 21.7 Å². The molecule has 2 rings (SSSR count). The van der Waals surface area contributed by atoms with E-state index in [1.165, 1.54) is 18.2 Å². The molecule has 25 heavy (non-hydrogen) atoms. The Hall–Kier alpha value is -2.38. The van der Waals surface area contributed by atoms with E-state index >= 15 is 0 Å². The van der Waals surface area contributed by atoms with E-state index in [1.807, 2.05) is 37.3 Å². The van der Waals surface area contributed by atoms with Gasteiger partial charge >= 0.3 is 5.97 Å². The first-order valence-electron chi connectivity index (χ1n) is 8.01. The number of hydrogen-bond acceptors (Lipinski definition) is 4. The summed E-state index contributed by atoms with van der Waals surface area (Å²) in [5.74, 6) is -1.18. The lowest BCUT2D eigenvalue weighted by Crippen LogP contribution is -2.32. The molecule has 0 spiro atoms. The number of aromatic carboxylic acids is 1. The lowest BCUT2D eigenvalue weighted by Gasteiger charge is -2.14. The molecule has 1 unspecified atom stereocenters. The van der Waals surface area contributed by atoms with Gasteiger partial charge in [-0.3, -0.25) is 0 Å². The zero-order valence-corrected chi connectivity index (χ0v) is 15.0. The molecule has 0 aliphatic rings. The van der Waals surface area contributed by atoms with Crippen molar-refractivity contribution in [1.82, 2.24) is 4.72 Å². The summed E-state index contributed by atoms with van der Waals surface area (Å²) in [4.78, 5) is 11.5. The average Bonchev–Trinajstić information content (AvgIpc) is 2.60. The molecular weight excluding hydrogens is 340 g/mol. The van der Waals surface area contributed by atoms with Gasteiger partial charge < -0.3 is 10.4 Å². The molecule has 3 N–H and O–H groups in total. The second kappa shape index (κ2) is 8.13. The second-order valence-electron chi connectivity index (χ2n) is 5.78. The molecule has 0 saturated heterocycles. The molecule has 2 aromatic rings. The van der Waals surface area contributed by atoms with Gasteiger partial charge in [0.2, 0.25) is 10.0 Å². The zero-order chi connectivity index (χ0) is 18.4. The van der Waals surface area contributed by atoms with Gasteiger partial charge in [-0.15, -0.1) is 0 Å². The third-order valence-electron chi connectivity index (χ3n) is 3.83. The van der Waals surface area contributed by atoms with E-state index in [0.29, 0.717) is 18.7 Å². The van der Waals surface area contributed by atoms with Crippen molar-refractivity contribution in [2.24, 2.45) is 0 Å². The van der Waals surface area contributed by atoms with Crippen LogP contribution in [0.4, 0.5) is 5.69 Å². The quantitative estimate of drug-likeness (QED) is 0.671. The molecule has 134 valence electrons. The van der Waals surface area contributed by atoms with Crippen LogP contribution in [0.3, 0.4) is 0 Å². The molecule has 1 atom stereocenters. The Balaban J connectivity index is 2.27. The monoisotopic (exact) mass is 362 g/mol. The highest BCUT2D eigenvalue weighted by atomic mass is 32.2. The van der Waals surface area contributed by atoms with Crippen LogP contribution >= 0.6 is 0 Å². The van der Waals surface area contributed by atoms with Gasteiger partial charge in [0, 0.05) is 18.3 Å². The van der Waals surface area contributed by atoms with Crippen LogP contribution in [-0.2, 0) is 16.6 Å². The van der Waals surface area contributed by atoms with Crippen molar-refractivity contribution in [3.63, 3.8) is 0 Å². The summed E-state index contributed by atoms with van der Waals surface area (Å²) >= 11 is 0. The first-order chi connectivity index (χ1) is 11.8. The molecular formula is C18H22N2O4S. The highest BCUT2D eigenvalue weighted by Crippen LogP contribution is 2.22. The van der Waals surface area contributed by atoms with E-state index in [-0.39, 0.29) is 16.5 Å². The predicted molar refractivity (Wildman–Crippen MR) is 97.2 cm³/mol. The van der Waals surface area contributed by atoms with Gasteiger partial charge in [0.25, 0.3) is 0 Å². The van der Waals surface area contributed by atoms with E-state index in [0.717, 1.165) is 5.56 Å². The van der Waals surface area contributed by atoms with Crippen molar-refractivity contribution in [2.45, 2.75) is 37.8 Å². The Kier molecular flexibility index (Phi) is 6.17. The van der Waals surface area contributed by atoms with Gasteiger partial charge in [-0.2, -0.15) is 0 Å². The van der Waals surface area contributed by atoms with Crippen molar-refractivity contribution < 1.29 is 18.3 Å². The second-order valence-corrected chi connectivity index (χ2v) is 7.50. The number of rotatable bonds is 8. The molecule has 0 aromatic heterocycles. The predicted octanol–water partition coefficient (Wildman–Crippen LogP) is 3.07. The Morgan fingerprint density at radius 2 is 1.84 bits per heavy atom. The van der Waals surface area contributed by atoms with E-state index in [9.17, 15) is 18.3 Å². The highest BCUT2D eigenvalue weighted by Gasteiger charge is 2.20. The molecule has 0 heterocycles. The summed E-state index contributed by atoms with van der Waals surface area (Å²) in [7, 11) is -3.75. The van der Waals surface area contributed by atoms with Gasteiger partial charge in [0.15, 0.2) is 0 Å². The van der Waals surface area contributed by atoms with E-state index in [2.05, 4.69) is 10.0 Å². The third kappa shape index (κ3) is 5.04. The van der Waals surface area contributed by atoms with Crippen LogP contribution in [0.5, 0.6) is 0 Å². The summed E-state index contributed by atoms with van der Waals surface area (Å²) in [5.41, 5.74) is 1.29. The third-order valence-corrected chi connectivity index (χ3v) is 5.41. The summed E-state index contributed by atoms with van der Waals surface area (Å²) < 4.78 is 27.2. The van der Waals surface area contributed by atoms with Gasteiger partial charge in [0.1, 0.15) is 0 Å². The fourth-order valence-electron chi connectivity index (χ4n) is 2.23. The van der Waals surface area contributed by atoms with E-state index in [1.54, 1.807) is 6.92 Å². The lowest BCUT2D eigenvalue weighted by atomic mass is 10.1. The molecule has 6 nitrogen and oxygen atoms in total. The van der Waals surface area contributed by atoms with Crippen molar-refractivity contribution in [2.75, 3.05) is 5.32 Å². The number of nitrogens with one attached hydrogen (secondary N) is 2. The minimum absolute atomic E-state index is 0.0598.